The molecule has 0 bridgehead atoms. The number of alkyl halides is 6. The molecule has 260 valence electrons. The first-order chi connectivity index (χ1) is 23.0. The molecule has 0 spiro atoms. The van der Waals surface area contributed by atoms with Crippen molar-refractivity contribution in [1.82, 2.24) is 0 Å². The largest absolute Gasteiger partial charge is 0.456 e. The second-order valence-electron chi connectivity index (χ2n) is 10.5. The quantitative estimate of drug-likeness (QED) is 0.0858. The number of nitro groups is 2. The van der Waals surface area contributed by atoms with Crippen molar-refractivity contribution in [1.29, 1.82) is 0 Å². The van der Waals surface area contributed by atoms with Crippen LogP contribution in [0.1, 0.15) is 37.8 Å². The van der Waals surface area contributed by atoms with Crippen LogP contribution < -0.4 is 15.4 Å². The molecule has 9 nitrogen and oxygen atoms in total. The van der Waals surface area contributed by atoms with Crippen molar-refractivity contribution in [2.45, 2.75) is 39.0 Å². The Morgan fingerprint density at radius 3 is 1.29 bits per heavy atom. The minimum Gasteiger partial charge on any atom is -0.456 e. The highest BCUT2D eigenvalue weighted by Gasteiger charge is 2.35. The van der Waals surface area contributed by atoms with Crippen molar-refractivity contribution >= 4 is 22.7 Å². The summed E-state index contributed by atoms with van der Waals surface area (Å²) in [7, 11) is 0. The SMILES string of the molecule is CCCNc1c([N+](=O)[O-])ccc(Oc2ccc([N+](=O)[O-])c(NCCC)c2-c2ccc(C(F)(F)F)cc2F)c1-c1ccc(C(F)(F)F)cc1F. The summed E-state index contributed by atoms with van der Waals surface area (Å²) in [6.07, 6.45) is -9.09. The van der Waals surface area contributed by atoms with Crippen LogP contribution >= 0.6 is 0 Å². The van der Waals surface area contributed by atoms with Gasteiger partial charge in [0.25, 0.3) is 11.4 Å². The summed E-state index contributed by atoms with van der Waals surface area (Å²) in [4.78, 5) is 22.4. The highest BCUT2D eigenvalue weighted by Crippen LogP contribution is 2.50. The minimum atomic E-state index is -4.94. The molecule has 0 aliphatic carbocycles. The highest BCUT2D eigenvalue weighted by atomic mass is 19.4. The molecule has 0 fully saturated rings. The zero-order valence-corrected chi connectivity index (χ0v) is 25.6. The van der Waals surface area contributed by atoms with Crippen LogP contribution in [-0.2, 0) is 12.4 Å². The van der Waals surface area contributed by atoms with Gasteiger partial charge in [-0.05, 0) is 49.2 Å². The molecule has 2 N–H and O–H groups in total. The third-order valence-electron chi connectivity index (χ3n) is 7.14. The minimum absolute atomic E-state index is 0.0736. The summed E-state index contributed by atoms with van der Waals surface area (Å²) in [6.45, 7) is 3.54. The zero-order chi connectivity index (χ0) is 36.3. The van der Waals surface area contributed by atoms with Crippen LogP contribution in [-0.4, -0.2) is 22.9 Å². The predicted octanol–water partition coefficient (Wildman–Crippen LogP) is 10.6. The van der Waals surface area contributed by atoms with Crippen LogP contribution in [0.5, 0.6) is 11.5 Å². The van der Waals surface area contributed by atoms with E-state index in [0.29, 0.717) is 25.0 Å². The van der Waals surface area contributed by atoms with Crippen LogP contribution in [0.3, 0.4) is 0 Å². The maximum atomic E-state index is 15.5. The van der Waals surface area contributed by atoms with E-state index in [1.54, 1.807) is 13.8 Å². The van der Waals surface area contributed by atoms with Crippen molar-refractivity contribution in [2.24, 2.45) is 0 Å². The standard InChI is InChI=1S/C32H26F8N4O5/c1-3-13-41-29-23(43(45)46)9-11-25(27(29)19-7-5-17(15-21(19)33)31(35,36)37)49-26-12-10-24(44(47)48)30(42-14-4-2)28(26)20-8-6-18(16-22(20)34)32(38,39)40/h5-12,15-16,41-42H,3-4,13-14H2,1-2H3. The Kier molecular flexibility index (Phi) is 10.6. The molecular weight excluding hydrogens is 672 g/mol. The number of nitrogens with one attached hydrogen (secondary N) is 2. The summed E-state index contributed by atoms with van der Waals surface area (Å²) < 4.78 is 117. The second kappa shape index (κ2) is 14.3. The lowest BCUT2D eigenvalue weighted by molar-refractivity contribution is -0.384. The molecule has 0 radical (unpaired) electrons. The van der Waals surface area contributed by atoms with E-state index in [-0.39, 0.29) is 36.6 Å². The summed E-state index contributed by atoms with van der Waals surface area (Å²) >= 11 is 0. The van der Waals surface area contributed by atoms with Crippen LogP contribution in [0.2, 0.25) is 0 Å². The van der Waals surface area contributed by atoms with Crippen LogP contribution in [0.4, 0.5) is 57.9 Å². The fourth-order valence-corrected chi connectivity index (χ4v) is 4.92. The van der Waals surface area contributed by atoms with Gasteiger partial charge >= 0.3 is 12.4 Å². The predicted molar refractivity (Wildman–Crippen MR) is 165 cm³/mol. The number of nitro benzene ring substituents is 2. The Hall–Kier alpha value is -5.48. The number of ether oxygens (including phenoxy) is 1. The lowest BCUT2D eigenvalue weighted by atomic mass is 9.97. The first-order valence-electron chi connectivity index (χ1n) is 14.5. The van der Waals surface area contributed by atoms with Crippen LogP contribution in [0, 0.1) is 31.9 Å². The molecule has 0 aliphatic heterocycles. The Morgan fingerprint density at radius 1 is 0.633 bits per heavy atom. The summed E-state index contributed by atoms with van der Waals surface area (Å²) in [5.74, 6) is -3.73. The van der Waals surface area contributed by atoms with Gasteiger partial charge in [-0.3, -0.25) is 20.2 Å². The van der Waals surface area contributed by atoms with Crippen molar-refractivity contribution < 1.29 is 49.7 Å². The van der Waals surface area contributed by atoms with Crippen molar-refractivity contribution in [2.75, 3.05) is 23.7 Å². The smallest absolute Gasteiger partial charge is 0.416 e. The molecule has 4 aromatic carbocycles. The van der Waals surface area contributed by atoms with E-state index < -0.39 is 90.1 Å². The number of hydrogen-bond acceptors (Lipinski definition) is 7. The molecule has 4 aromatic rings. The number of anilines is 2. The lowest BCUT2D eigenvalue weighted by Gasteiger charge is -2.21. The molecule has 0 saturated carbocycles. The van der Waals surface area contributed by atoms with Crippen molar-refractivity contribution in [3.63, 3.8) is 0 Å². The lowest BCUT2D eigenvalue weighted by Crippen LogP contribution is -2.09. The van der Waals surface area contributed by atoms with Crippen LogP contribution in [0.15, 0.2) is 60.7 Å². The Labute approximate surface area is 272 Å². The Balaban J connectivity index is 2.07. The molecule has 4 rings (SSSR count). The van der Waals surface area contributed by atoms with Gasteiger partial charge in [0.1, 0.15) is 34.5 Å². The number of rotatable bonds is 12. The molecule has 17 heteroatoms. The number of benzene rings is 4. The van der Waals surface area contributed by atoms with Gasteiger partial charge in [0.05, 0.1) is 32.1 Å². The fourth-order valence-electron chi connectivity index (χ4n) is 4.92. The average molecular weight is 699 g/mol. The van der Waals surface area contributed by atoms with Gasteiger partial charge in [-0.25, -0.2) is 8.78 Å². The van der Waals surface area contributed by atoms with Crippen molar-refractivity contribution in [3.05, 3.63) is 104 Å². The molecule has 0 aromatic heterocycles. The van der Waals surface area contributed by atoms with E-state index in [2.05, 4.69) is 10.6 Å². The van der Waals surface area contributed by atoms with Crippen molar-refractivity contribution in [3.8, 4) is 33.8 Å². The third-order valence-corrected chi connectivity index (χ3v) is 7.14. The molecule has 0 unspecified atom stereocenters. The average Bonchev–Trinajstić information content (AvgIpc) is 3.01. The van der Waals surface area contributed by atoms with Gasteiger partial charge in [0, 0.05) is 36.3 Å². The molecule has 0 atom stereocenters. The number of nitrogens with zero attached hydrogens (tertiary/aromatic N) is 2. The second-order valence-corrected chi connectivity index (χ2v) is 10.5. The molecular formula is C32H26F8N4O5. The maximum absolute atomic E-state index is 15.5. The van der Waals surface area contributed by atoms with E-state index in [1.165, 1.54) is 0 Å². The molecule has 0 aliphatic rings. The summed E-state index contributed by atoms with van der Waals surface area (Å²) in [5, 5.41) is 29.6. The Morgan fingerprint density at radius 2 is 1.00 bits per heavy atom. The van der Waals surface area contributed by atoms with Gasteiger partial charge in [0.15, 0.2) is 0 Å². The topological polar surface area (TPSA) is 120 Å². The summed E-state index contributed by atoms with van der Waals surface area (Å²) in [5.41, 5.74) is -6.62. The first-order valence-corrected chi connectivity index (χ1v) is 14.5. The van der Waals surface area contributed by atoms with E-state index in [1.807, 2.05) is 0 Å². The monoisotopic (exact) mass is 698 g/mol. The molecule has 0 amide bonds. The van der Waals surface area contributed by atoms with E-state index in [9.17, 15) is 46.6 Å². The molecule has 49 heavy (non-hydrogen) atoms. The zero-order valence-electron chi connectivity index (χ0n) is 25.6. The first kappa shape index (κ1) is 36.4. The van der Waals surface area contributed by atoms with Gasteiger partial charge in [-0.2, -0.15) is 26.3 Å². The van der Waals surface area contributed by atoms with Gasteiger partial charge < -0.3 is 15.4 Å². The maximum Gasteiger partial charge on any atom is 0.416 e. The van der Waals surface area contributed by atoms with Gasteiger partial charge in [-0.15, -0.1) is 0 Å². The van der Waals surface area contributed by atoms with Gasteiger partial charge in [-0.1, -0.05) is 26.0 Å². The Bertz CT molecular complexity index is 1760. The molecule has 0 saturated heterocycles. The highest BCUT2D eigenvalue weighted by molar-refractivity contribution is 5.92. The van der Waals surface area contributed by atoms with Crippen LogP contribution in [0.25, 0.3) is 22.3 Å². The number of hydrogen-bond donors (Lipinski definition) is 2. The van der Waals surface area contributed by atoms with E-state index in [4.69, 9.17) is 4.74 Å². The van der Waals surface area contributed by atoms with Gasteiger partial charge in [0.2, 0.25) is 0 Å². The normalized spacial score (nSPS) is 11.7. The fraction of sp³-hybridized carbons (Fsp3) is 0.250. The van der Waals surface area contributed by atoms with E-state index >= 15 is 8.78 Å². The summed E-state index contributed by atoms with van der Waals surface area (Å²) in [6, 6.07) is 6.84. The molecule has 0 heterocycles. The number of halogens is 8. The van der Waals surface area contributed by atoms with E-state index in [0.717, 1.165) is 36.4 Å². The third kappa shape index (κ3) is 7.81.